The van der Waals surface area contributed by atoms with Crippen LogP contribution < -0.4 is 5.32 Å². The van der Waals surface area contributed by atoms with Gasteiger partial charge in [-0.15, -0.1) is 0 Å². The molecule has 0 bridgehead atoms. The maximum atomic E-state index is 3.94. The van der Waals surface area contributed by atoms with Crippen LogP contribution in [0.15, 0.2) is 18.7 Å². The van der Waals surface area contributed by atoms with Crippen LogP contribution in [0.4, 0.5) is 0 Å². The highest BCUT2D eigenvalue weighted by Crippen LogP contribution is 1.94. The molecule has 66 valence electrons. The molecule has 0 aliphatic rings. The second kappa shape index (κ2) is 4.83. The summed E-state index contributed by atoms with van der Waals surface area (Å²) in [7, 11) is 0. The van der Waals surface area contributed by atoms with Gasteiger partial charge in [-0.2, -0.15) is 0 Å². The predicted molar refractivity (Wildman–Crippen MR) is 48.6 cm³/mol. The highest BCUT2D eigenvalue weighted by atomic mass is 14.9. The van der Waals surface area contributed by atoms with E-state index in [9.17, 15) is 0 Å². The summed E-state index contributed by atoms with van der Waals surface area (Å²) in [5.41, 5.74) is 1.14. The smallest absolute Gasteiger partial charge is 0.115 e. The van der Waals surface area contributed by atoms with E-state index in [0.29, 0.717) is 6.04 Å². The molecule has 0 fully saturated rings. The standard InChI is InChI=1S/C9H15N3/c1-3-8(2)12-6-9-4-10-7-11-5-9/h4-5,7-8,12H,3,6H2,1-2H3/t8-/m1/s1. The topological polar surface area (TPSA) is 37.8 Å². The summed E-state index contributed by atoms with van der Waals surface area (Å²) < 4.78 is 0. The zero-order chi connectivity index (χ0) is 8.81. The van der Waals surface area contributed by atoms with Gasteiger partial charge in [-0.05, 0) is 13.3 Å². The maximum Gasteiger partial charge on any atom is 0.115 e. The van der Waals surface area contributed by atoms with Crippen molar-refractivity contribution in [2.75, 3.05) is 0 Å². The molecular weight excluding hydrogens is 150 g/mol. The molecule has 1 N–H and O–H groups in total. The Hall–Kier alpha value is -0.960. The Labute approximate surface area is 73.2 Å². The average molecular weight is 165 g/mol. The van der Waals surface area contributed by atoms with E-state index in [1.807, 2.05) is 12.4 Å². The number of hydrogen-bond donors (Lipinski definition) is 1. The molecule has 0 unspecified atom stereocenters. The monoisotopic (exact) mass is 165 g/mol. The summed E-state index contributed by atoms with van der Waals surface area (Å²) in [6, 6.07) is 0.560. The molecule has 1 atom stereocenters. The quantitative estimate of drug-likeness (QED) is 0.732. The number of rotatable bonds is 4. The van der Waals surface area contributed by atoms with Crippen LogP contribution in [0.3, 0.4) is 0 Å². The Morgan fingerprint density at radius 2 is 2.08 bits per heavy atom. The van der Waals surface area contributed by atoms with Crippen molar-refractivity contribution < 1.29 is 0 Å². The Morgan fingerprint density at radius 1 is 1.42 bits per heavy atom. The van der Waals surface area contributed by atoms with Crippen molar-refractivity contribution in [1.82, 2.24) is 15.3 Å². The molecule has 0 spiro atoms. The lowest BCUT2D eigenvalue weighted by molar-refractivity contribution is 0.533. The third-order valence-electron chi connectivity index (χ3n) is 1.88. The van der Waals surface area contributed by atoms with Gasteiger partial charge in [0.1, 0.15) is 6.33 Å². The van der Waals surface area contributed by atoms with E-state index in [0.717, 1.165) is 18.5 Å². The van der Waals surface area contributed by atoms with Gasteiger partial charge in [0, 0.05) is 30.5 Å². The molecule has 3 nitrogen and oxygen atoms in total. The van der Waals surface area contributed by atoms with Crippen LogP contribution in [0.2, 0.25) is 0 Å². The molecule has 3 heteroatoms. The van der Waals surface area contributed by atoms with Crippen LogP contribution in [0.5, 0.6) is 0 Å². The molecule has 1 rings (SSSR count). The van der Waals surface area contributed by atoms with Crippen LogP contribution in [0.1, 0.15) is 25.8 Å². The first-order valence-electron chi connectivity index (χ1n) is 4.30. The second-order valence-electron chi connectivity index (χ2n) is 2.94. The Morgan fingerprint density at radius 3 is 2.67 bits per heavy atom. The first-order valence-corrected chi connectivity index (χ1v) is 4.30. The van der Waals surface area contributed by atoms with Crippen molar-refractivity contribution in [1.29, 1.82) is 0 Å². The minimum atomic E-state index is 0.560. The molecule has 0 radical (unpaired) electrons. The lowest BCUT2D eigenvalue weighted by Crippen LogP contribution is -2.24. The lowest BCUT2D eigenvalue weighted by Gasteiger charge is -2.09. The summed E-state index contributed by atoms with van der Waals surface area (Å²) in [6.45, 7) is 5.19. The van der Waals surface area contributed by atoms with Crippen LogP contribution in [-0.2, 0) is 6.54 Å². The zero-order valence-corrected chi connectivity index (χ0v) is 7.62. The fourth-order valence-electron chi connectivity index (χ4n) is 0.858. The van der Waals surface area contributed by atoms with E-state index < -0.39 is 0 Å². The van der Waals surface area contributed by atoms with Gasteiger partial charge in [0.25, 0.3) is 0 Å². The average Bonchev–Trinajstić information content (AvgIpc) is 2.16. The van der Waals surface area contributed by atoms with Crippen molar-refractivity contribution in [2.24, 2.45) is 0 Å². The fraction of sp³-hybridized carbons (Fsp3) is 0.556. The Kier molecular flexibility index (Phi) is 3.67. The van der Waals surface area contributed by atoms with Gasteiger partial charge >= 0.3 is 0 Å². The van der Waals surface area contributed by atoms with Gasteiger partial charge in [-0.3, -0.25) is 0 Å². The summed E-state index contributed by atoms with van der Waals surface area (Å²) in [6.07, 6.45) is 6.37. The lowest BCUT2D eigenvalue weighted by atomic mass is 10.2. The molecule has 0 aromatic carbocycles. The van der Waals surface area contributed by atoms with E-state index >= 15 is 0 Å². The van der Waals surface area contributed by atoms with Crippen molar-refractivity contribution in [3.8, 4) is 0 Å². The fourth-order valence-corrected chi connectivity index (χ4v) is 0.858. The first-order chi connectivity index (χ1) is 5.83. The molecule has 1 heterocycles. The van der Waals surface area contributed by atoms with E-state index in [1.165, 1.54) is 0 Å². The largest absolute Gasteiger partial charge is 0.310 e. The van der Waals surface area contributed by atoms with Crippen molar-refractivity contribution >= 4 is 0 Å². The normalized spacial score (nSPS) is 12.8. The van der Waals surface area contributed by atoms with Gasteiger partial charge in [0.2, 0.25) is 0 Å². The molecule has 0 aliphatic heterocycles. The molecule has 1 aromatic heterocycles. The van der Waals surface area contributed by atoms with E-state index in [1.54, 1.807) is 6.33 Å². The number of nitrogens with one attached hydrogen (secondary N) is 1. The van der Waals surface area contributed by atoms with E-state index in [2.05, 4.69) is 29.1 Å². The van der Waals surface area contributed by atoms with Crippen LogP contribution in [-0.4, -0.2) is 16.0 Å². The minimum absolute atomic E-state index is 0.560. The second-order valence-corrected chi connectivity index (χ2v) is 2.94. The molecule has 0 saturated carbocycles. The third kappa shape index (κ3) is 2.96. The summed E-state index contributed by atoms with van der Waals surface area (Å²) in [5, 5.41) is 3.37. The molecule has 0 saturated heterocycles. The summed E-state index contributed by atoms with van der Waals surface area (Å²) in [4.78, 5) is 7.87. The van der Waals surface area contributed by atoms with Gasteiger partial charge in [0.05, 0.1) is 0 Å². The van der Waals surface area contributed by atoms with E-state index in [-0.39, 0.29) is 0 Å². The number of aromatic nitrogens is 2. The number of hydrogen-bond acceptors (Lipinski definition) is 3. The molecular formula is C9H15N3. The van der Waals surface area contributed by atoms with Gasteiger partial charge in [0.15, 0.2) is 0 Å². The van der Waals surface area contributed by atoms with E-state index in [4.69, 9.17) is 0 Å². The van der Waals surface area contributed by atoms with Crippen molar-refractivity contribution in [3.05, 3.63) is 24.3 Å². The molecule has 0 amide bonds. The minimum Gasteiger partial charge on any atom is -0.310 e. The van der Waals surface area contributed by atoms with Crippen LogP contribution in [0.25, 0.3) is 0 Å². The van der Waals surface area contributed by atoms with Gasteiger partial charge in [-0.25, -0.2) is 9.97 Å². The van der Waals surface area contributed by atoms with Crippen LogP contribution >= 0.6 is 0 Å². The summed E-state index contributed by atoms with van der Waals surface area (Å²) in [5.74, 6) is 0. The summed E-state index contributed by atoms with van der Waals surface area (Å²) >= 11 is 0. The number of nitrogens with zero attached hydrogens (tertiary/aromatic N) is 2. The Balaban J connectivity index is 2.33. The molecule has 1 aromatic rings. The van der Waals surface area contributed by atoms with Crippen molar-refractivity contribution in [2.45, 2.75) is 32.9 Å². The molecule has 0 aliphatic carbocycles. The SMILES string of the molecule is CC[C@@H](C)NCc1cncnc1. The highest BCUT2D eigenvalue weighted by molar-refractivity contribution is 5.01. The van der Waals surface area contributed by atoms with Gasteiger partial charge < -0.3 is 5.32 Å². The van der Waals surface area contributed by atoms with Crippen LogP contribution in [0, 0.1) is 0 Å². The third-order valence-corrected chi connectivity index (χ3v) is 1.88. The maximum absolute atomic E-state index is 3.94. The van der Waals surface area contributed by atoms with Gasteiger partial charge in [-0.1, -0.05) is 6.92 Å². The highest BCUT2D eigenvalue weighted by Gasteiger charge is 1.97. The first kappa shape index (κ1) is 9.13. The zero-order valence-electron chi connectivity index (χ0n) is 7.62. The Bertz CT molecular complexity index is 210. The molecule has 12 heavy (non-hydrogen) atoms. The van der Waals surface area contributed by atoms with Crippen molar-refractivity contribution in [3.63, 3.8) is 0 Å². The predicted octanol–water partition coefficient (Wildman–Crippen LogP) is 1.36.